The van der Waals surface area contributed by atoms with Crippen molar-refractivity contribution in [3.05, 3.63) is 0 Å². The second-order valence-electron chi connectivity index (χ2n) is 3.29. The lowest BCUT2D eigenvalue weighted by molar-refractivity contribution is -0.154. The molecule has 0 unspecified atom stereocenters. The molecule has 1 heterocycles. The van der Waals surface area contributed by atoms with Crippen LogP contribution in [0.4, 0.5) is 0 Å². The van der Waals surface area contributed by atoms with Crippen molar-refractivity contribution in [3.63, 3.8) is 0 Å². The Morgan fingerprint density at radius 3 is 2.46 bits per heavy atom. The van der Waals surface area contributed by atoms with E-state index in [2.05, 4.69) is 11.7 Å². The van der Waals surface area contributed by atoms with Gasteiger partial charge < -0.3 is 9.84 Å². The van der Waals surface area contributed by atoms with E-state index in [1.807, 2.05) is 0 Å². The molecular weight excluding hydrogens is 172 g/mol. The average Bonchev–Trinajstić information content (AvgIpc) is 2.32. The quantitative estimate of drug-likeness (QED) is 0.397. The Balaban J connectivity index is 2.40. The number of unbranched alkanes of at least 4 members (excludes halogenated alkanes) is 2. The summed E-state index contributed by atoms with van der Waals surface area (Å²) >= 11 is 0. The maximum Gasteiger partial charge on any atom is 0.343 e. The highest BCUT2D eigenvalue weighted by molar-refractivity contribution is 5.97. The Labute approximate surface area is 76.9 Å². The number of hydrogen-bond donors (Lipinski definition) is 1. The molecule has 2 atom stereocenters. The van der Waals surface area contributed by atoms with Crippen LogP contribution in [0, 0.1) is 5.92 Å². The minimum Gasteiger partial charge on any atom is -0.391 e. The van der Waals surface area contributed by atoms with Gasteiger partial charge in [-0.1, -0.05) is 26.2 Å². The van der Waals surface area contributed by atoms with Gasteiger partial charge in [0.05, 0.1) is 5.92 Å². The van der Waals surface area contributed by atoms with Crippen LogP contribution in [-0.4, -0.2) is 23.1 Å². The third kappa shape index (κ3) is 2.28. The zero-order chi connectivity index (χ0) is 9.84. The van der Waals surface area contributed by atoms with Crippen molar-refractivity contribution >= 4 is 11.9 Å². The molecule has 0 aromatic rings. The van der Waals surface area contributed by atoms with Crippen molar-refractivity contribution < 1.29 is 19.4 Å². The molecule has 1 aliphatic heterocycles. The number of aliphatic hydroxyl groups is 1. The van der Waals surface area contributed by atoms with Crippen LogP contribution >= 0.6 is 0 Å². The summed E-state index contributed by atoms with van der Waals surface area (Å²) < 4.78 is 4.29. The number of hydrogen-bond acceptors (Lipinski definition) is 4. The predicted octanol–water partition coefficient (Wildman–Crippen LogP) is 0.627. The molecule has 0 bridgehead atoms. The molecular formula is C9H14O4. The maximum absolute atomic E-state index is 11.0. The van der Waals surface area contributed by atoms with Gasteiger partial charge in [0.15, 0.2) is 6.10 Å². The summed E-state index contributed by atoms with van der Waals surface area (Å²) in [5, 5.41) is 9.23. The second kappa shape index (κ2) is 4.37. The summed E-state index contributed by atoms with van der Waals surface area (Å²) in [5.41, 5.74) is 0. The Morgan fingerprint density at radius 1 is 1.31 bits per heavy atom. The summed E-state index contributed by atoms with van der Waals surface area (Å²) in [7, 11) is 0. The summed E-state index contributed by atoms with van der Waals surface area (Å²) in [4.78, 5) is 21.7. The highest BCUT2D eigenvalue weighted by Crippen LogP contribution is 2.22. The van der Waals surface area contributed by atoms with Crippen molar-refractivity contribution in [1.82, 2.24) is 0 Å². The van der Waals surface area contributed by atoms with E-state index in [4.69, 9.17) is 0 Å². The number of carbonyl (C=O) groups is 2. The standard InChI is InChI=1S/C9H14O4/c1-2-3-4-5-6-7(10)9(12)13-8(6)11/h6-7,10H,2-5H2,1H3/t6-,7+/m1/s1. The maximum atomic E-state index is 11.0. The fraction of sp³-hybridized carbons (Fsp3) is 0.778. The van der Waals surface area contributed by atoms with Crippen molar-refractivity contribution in [2.45, 2.75) is 38.7 Å². The van der Waals surface area contributed by atoms with Crippen LogP contribution in [0.25, 0.3) is 0 Å². The second-order valence-corrected chi connectivity index (χ2v) is 3.29. The van der Waals surface area contributed by atoms with E-state index in [1.54, 1.807) is 0 Å². The lowest BCUT2D eigenvalue weighted by Gasteiger charge is -2.06. The van der Waals surface area contributed by atoms with E-state index in [9.17, 15) is 14.7 Å². The largest absolute Gasteiger partial charge is 0.391 e. The Morgan fingerprint density at radius 2 is 2.00 bits per heavy atom. The molecule has 0 aliphatic carbocycles. The van der Waals surface area contributed by atoms with Crippen molar-refractivity contribution in [3.8, 4) is 0 Å². The first-order valence-corrected chi connectivity index (χ1v) is 4.60. The van der Waals surface area contributed by atoms with Gasteiger partial charge in [-0.2, -0.15) is 0 Å². The third-order valence-electron chi connectivity index (χ3n) is 2.25. The van der Waals surface area contributed by atoms with Crippen molar-refractivity contribution in [2.24, 2.45) is 5.92 Å². The number of ether oxygens (including phenoxy) is 1. The normalized spacial score (nSPS) is 27.8. The summed E-state index contributed by atoms with van der Waals surface area (Å²) in [6.45, 7) is 2.05. The zero-order valence-corrected chi connectivity index (χ0v) is 7.66. The predicted molar refractivity (Wildman–Crippen MR) is 44.7 cm³/mol. The van der Waals surface area contributed by atoms with Crippen molar-refractivity contribution in [2.75, 3.05) is 0 Å². The average molecular weight is 186 g/mol. The number of carbonyl (C=O) groups excluding carboxylic acids is 2. The van der Waals surface area contributed by atoms with E-state index in [0.29, 0.717) is 6.42 Å². The molecule has 4 heteroatoms. The minimum atomic E-state index is -1.23. The number of esters is 2. The number of cyclic esters (lactones) is 2. The molecule has 74 valence electrons. The van der Waals surface area contributed by atoms with E-state index < -0.39 is 24.0 Å². The van der Waals surface area contributed by atoms with Gasteiger partial charge in [-0.25, -0.2) is 4.79 Å². The van der Waals surface area contributed by atoms with Gasteiger partial charge in [-0.15, -0.1) is 0 Å². The molecule has 13 heavy (non-hydrogen) atoms. The van der Waals surface area contributed by atoms with Crippen LogP contribution in [0.2, 0.25) is 0 Å². The third-order valence-corrected chi connectivity index (χ3v) is 2.25. The fourth-order valence-electron chi connectivity index (χ4n) is 1.42. The smallest absolute Gasteiger partial charge is 0.343 e. The van der Waals surface area contributed by atoms with Crippen LogP contribution in [0.3, 0.4) is 0 Å². The molecule has 1 N–H and O–H groups in total. The molecule has 1 rings (SSSR count). The van der Waals surface area contributed by atoms with E-state index in [1.165, 1.54) is 0 Å². The zero-order valence-electron chi connectivity index (χ0n) is 7.66. The molecule has 1 fully saturated rings. The molecule has 0 amide bonds. The molecule has 0 spiro atoms. The molecule has 0 saturated carbocycles. The number of rotatable bonds is 4. The van der Waals surface area contributed by atoms with Gasteiger partial charge in [0.2, 0.25) is 0 Å². The lowest BCUT2D eigenvalue weighted by Crippen LogP contribution is -2.23. The Kier molecular flexibility index (Phi) is 3.42. The first-order valence-electron chi connectivity index (χ1n) is 4.60. The monoisotopic (exact) mass is 186 g/mol. The topological polar surface area (TPSA) is 63.6 Å². The molecule has 1 saturated heterocycles. The van der Waals surface area contributed by atoms with Gasteiger partial charge >= 0.3 is 11.9 Å². The van der Waals surface area contributed by atoms with Gasteiger partial charge in [0, 0.05) is 0 Å². The first-order chi connectivity index (χ1) is 6.16. The minimum absolute atomic E-state index is 0.541. The first kappa shape index (κ1) is 10.2. The molecule has 0 radical (unpaired) electrons. The lowest BCUT2D eigenvalue weighted by atomic mass is 9.98. The van der Waals surface area contributed by atoms with Crippen LogP contribution in [0.15, 0.2) is 0 Å². The fourth-order valence-corrected chi connectivity index (χ4v) is 1.42. The molecule has 4 nitrogen and oxygen atoms in total. The van der Waals surface area contributed by atoms with Crippen LogP contribution < -0.4 is 0 Å². The van der Waals surface area contributed by atoms with E-state index in [0.717, 1.165) is 19.3 Å². The van der Waals surface area contributed by atoms with Gasteiger partial charge in [0.1, 0.15) is 0 Å². The van der Waals surface area contributed by atoms with E-state index in [-0.39, 0.29) is 0 Å². The van der Waals surface area contributed by atoms with Crippen LogP contribution in [-0.2, 0) is 14.3 Å². The SMILES string of the molecule is CCCCC[C@H]1C(=O)OC(=O)[C@H]1O. The highest BCUT2D eigenvalue weighted by atomic mass is 16.6. The molecule has 0 aromatic heterocycles. The Hall–Kier alpha value is -0.900. The highest BCUT2D eigenvalue weighted by Gasteiger charge is 2.42. The Bertz CT molecular complexity index is 212. The van der Waals surface area contributed by atoms with Crippen LogP contribution in [0.5, 0.6) is 0 Å². The molecule has 0 aromatic carbocycles. The summed E-state index contributed by atoms with van der Waals surface area (Å²) in [6, 6.07) is 0. The van der Waals surface area contributed by atoms with Crippen molar-refractivity contribution in [1.29, 1.82) is 0 Å². The number of aliphatic hydroxyl groups excluding tert-OH is 1. The van der Waals surface area contributed by atoms with E-state index >= 15 is 0 Å². The van der Waals surface area contributed by atoms with Gasteiger partial charge in [0.25, 0.3) is 0 Å². The van der Waals surface area contributed by atoms with Gasteiger partial charge in [-0.05, 0) is 6.42 Å². The van der Waals surface area contributed by atoms with Gasteiger partial charge in [-0.3, -0.25) is 4.79 Å². The summed E-state index contributed by atoms with van der Waals surface area (Å²) in [5.74, 6) is -2.00. The summed E-state index contributed by atoms with van der Waals surface area (Å²) in [6.07, 6.45) is 2.21. The van der Waals surface area contributed by atoms with Crippen LogP contribution in [0.1, 0.15) is 32.6 Å². The molecule has 1 aliphatic rings.